The van der Waals surface area contributed by atoms with E-state index in [1.807, 2.05) is 35.9 Å². The Morgan fingerprint density at radius 3 is 2.76 bits per heavy atom. The molecule has 0 radical (unpaired) electrons. The van der Waals surface area contributed by atoms with Crippen LogP contribution in [-0.4, -0.2) is 41.8 Å². The zero-order valence-corrected chi connectivity index (χ0v) is 23.6. The van der Waals surface area contributed by atoms with Gasteiger partial charge in [0.15, 0.2) is 17.3 Å². The van der Waals surface area contributed by atoms with Gasteiger partial charge in [0.1, 0.15) is 12.4 Å². The normalized spacial score (nSPS) is 23.2. The number of carboxylic acid groups (broad SMARTS) is 1. The van der Waals surface area contributed by atoms with Gasteiger partial charge in [0.2, 0.25) is 0 Å². The lowest BCUT2D eigenvalue weighted by molar-refractivity contribution is -0.158. The molecule has 11 heteroatoms. The van der Waals surface area contributed by atoms with Crippen molar-refractivity contribution in [3.8, 4) is 11.4 Å². The van der Waals surface area contributed by atoms with Crippen LogP contribution in [0.5, 0.6) is 5.75 Å². The minimum Gasteiger partial charge on any atom is -0.483 e. The third kappa shape index (κ3) is 4.43. The molecule has 218 valence electrons. The van der Waals surface area contributed by atoms with Gasteiger partial charge in [0.05, 0.1) is 34.4 Å². The predicted molar refractivity (Wildman–Crippen MR) is 153 cm³/mol. The highest BCUT2D eigenvalue weighted by atomic mass is 19.1. The average Bonchev–Trinajstić information content (AvgIpc) is 3.66. The van der Waals surface area contributed by atoms with Crippen molar-refractivity contribution in [3.63, 3.8) is 0 Å². The summed E-state index contributed by atoms with van der Waals surface area (Å²) in [5, 5.41) is 21.0. The third-order valence-corrected chi connectivity index (χ3v) is 9.71. The van der Waals surface area contributed by atoms with E-state index < -0.39 is 17.2 Å². The van der Waals surface area contributed by atoms with Crippen LogP contribution in [0, 0.1) is 16.6 Å². The maximum absolute atomic E-state index is 14.8. The van der Waals surface area contributed by atoms with Gasteiger partial charge < -0.3 is 20.5 Å². The Bertz CT molecular complexity index is 1690. The number of imidazole rings is 1. The van der Waals surface area contributed by atoms with Gasteiger partial charge in [-0.3, -0.25) is 9.36 Å². The summed E-state index contributed by atoms with van der Waals surface area (Å²) in [5.41, 5.74) is 3.58. The summed E-state index contributed by atoms with van der Waals surface area (Å²) in [5.74, 6) is 0.519. The number of hydrogen-bond donors (Lipinski definition) is 3. The molecule has 3 saturated carbocycles. The highest BCUT2D eigenvalue weighted by Crippen LogP contribution is 2.56. The lowest BCUT2D eigenvalue weighted by Gasteiger charge is -2.51. The number of nitrogens with one attached hydrogen (secondary N) is 2. The Kier molecular flexibility index (Phi) is 6.30. The molecule has 3 N–H and O–H groups in total. The Balaban J connectivity index is 1.07. The number of aromatic nitrogens is 5. The number of benzene rings is 1. The lowest BCUT2D eigenvalue weighted by atomic mass is 9.53. The fourth-order valence-electron chi connectivity index (χ4n) is 6.83. The highest BCUT2D eigenvalue weighted by Gasteiger charge is 2.52. The van der Waals surface area contributed by atoms with E-state index >= 15 is 0 Å². The Hall–Kier alpha value is -4.25. The number of fused-ring (bicyclic) bond motifs is 7. The van der Waals surface area contributed by atoms with E-state index in [4.69, 9.17) is 4.74 Å². The van der Waals surface area contributed by atoms with Gasteiger partial charge >= 0.3 is 5.97 Å². The van der Waals surface area contributed by atoms with Crippen molar-refractivity contribution in [3.05, 3.63) is 78.0 Å². The van der Waals surface area contributed by atoms with Crippen LogP contribution in [-0.2, 0) is 17.9 Å². The monoisotopic (exact) mass is 571 g/mol. The second-order valence-electron chi connectivity index (χ2n) is 12.1. The molecule has 1 unspecified atom stereocenters. The van der Waals surface area contributed by atoms with Gasteiger partial charge in [-0.15, -0.1) is 0 Å². The first kappa shape index (κ1) is 26.6. The SMILES string of the molecule is C=C(NCc1ccc2c(c1)-n1ccnc1CO2)c1cc(C(C)NCC23CCC(C(=O)O)(CC2)CC3)n2ncc(F)c2n1. The highest BCUT2D eigenvalue weighted by molar-refractivity contribution is 5.75. The molecular formula is C31H34FN7O3. The molecule has 3 fully saturated rings. The Labute approximate surface area is 242 Å². The molecule has 1 atom stereocenters. The first-order valence-corrected chi connectivity index (χ1v) is 14.5. The van der Waals surface area contributed by atoms with Crippen molar-refractivity contribution in [2.45, 2.75) is 64.6 Å². The molecule has 4 heterocycles. The lowest BCUT2D eigenvalue weighted by Crippen LogP contribution is -2.49. The summed E-state index contributed by atoms with van der Waals surface area (Å²) in [4.78, 5) is 20.7. The summed E-state index contributed by atoms with van der Waals surface area (Å²) in [7, 11) is 0. The van der Waals surface area contributed by atoms with E-state index in [2.05, 4.69) is 38.3 Å². The zero-order valence-electron chi connectivity index (χ0n) is 23.6. The summed E-state index contributed by atoms with van der Waals surface area (Å²) in [6, 6.07) is 7.77. The molecular weight excluding hydrogens is 537 g/mol. The molecule has 4 aromatic rings. The maximum atomic E-state index is 14.8. The molecule has 8 rings (SSSR count). The quantitative estimate of drug-likeness (QED) is 0.263. The average molecular weight is 572 g/mol. The molecule has 3 aromatic heterocycles. The van der Waals surface area contributed by atoms with Crippen molar-refractivity contribution in [1.29, 1.82) is 0 Å². The summed E-state index contributed by atoms with van der Waals surface area (Å²) in [6.07, 6.45) is 9.80. The number of hydrogen-bond acceptors (Lipinski definition) is 7. The molecule has 1 aromatic carbocycles. The Morgan fingerprint density at radius 1 is 1.21 bits per heavy atom. The van der Waals surface area contributed by atoms with Gasteiger partial charge in [-0.25, -0.2) is 18.9 Å². The smallest absolute Gasteiger partial charge is 0.309 e. The molecule has 42 heavy (non-hydrogen) atoms. The fraction of sp³-hybridized carbons (Fsp3) is 0.419. The first-order valence-electron chi connectivity index (χ1n) is 14.5. The molecule has 4 aliphatic rings. The number of aliphatic carboxylic acids is 1. The standard InChI is InChI=1S/C31H34FN7O3/c1-19(34-15-21-3-4-26-25(13-21)38-12-11-33-27(38)17-42-26)23-14-24(39-28(37-23)22(32)16-36-39)20(2)35-18-30-5-8-31(9-6-30,10-7-30)29(40)41/h3-4,11-14,16,20,34-35H,1,5-10,15,17-18H2,2H3,(H,40,41). The van der Waals surface area contributed by atoms with Crippen molar-refractivity contribution in [2.24, 2.45) is 10.8 Å². The number of carbonyl (C=O) groups is 1. The number of rotatable bonds is 9. The second-order valence-corrected chi connectivity index (χ2v) is 12.1. The summed E-state index contributed by atoms with van der Waals surface area (Å²) < 4.78 is 24.1. The van der Waals surface area contributed by atoms with E-state index in [-0.39, 0.29) is 17.1 Å². The minimum absolute atomic E-state index is 0.0956. The van der Waals surface area contributed by atoms with E-state index in [1.54, 1.807) is 10.7 Å². The molecule has 3 aliphatic carbocycles. The van der Waals surface area contributed by atoms with Gasteiger partial charge in [0.25, 0.3) is 0 Å². The second kappa shape index (κ2) is 9.94. The van der Waals surface area contributed by atoms with Gasteiger partial charge in [0, 0.05) is 31.5 Å². The molecule has 2 bridgehead atoms. The van der Waals surface area contributed by atoms with Crippen molar-refractivity contribution in [2.75, 3.05) is 6.54 Å². The van der Waals surface area contributed by atoms with Crippen LogP contribution in [0.1, 0.15) is 74.3 Å². The molecule has 0 amide bonds. The number of ether oxygens (including phenoxy) is 1. The van der Waals surface area contributed by atoms with E-state index in [9.17, 15) is 14.3 Å². The molecule has 0 spiro atoms. The number of halogens is 1. The van der Waals surface area contributed by atoms with Crippen LogP contribution in [0.25, 0.3) is 17.0 Å². The largest absolute Gasteiger partial charge is 0.483 e. The predicted octanol–water partition coefficient (Wildman–Crippen LogP) is 4.78. The van der Waals surface area contributed by atoms with Crippen molar-refractivity contribution < 1.29 is 19.0 Å². The van der Waals surface area contributed by atoms with E-state index in [1.165, 1.54) is 6.20 Å². The van der Waals surface area contributed by atoms with Crippen LogP contribution in [0.3, 0.4) is 0 Å². The molecule has 0 saturated heterocycles. The topological polar surface area (TPSA) is 119 Å². The summed E-state index contributed by atoms with van der Waals surface area (Å²) in [6.45, 7) is 7.96. The fourth-order valence-corrected chi connectivity index (χ4v) is 6.83. The van der Waals surface area contributed by atoms with Gasteiger partial charge in [-0.2, -0.15) is 5.10 Å². The van der Waals surface area contributed by atoms with Gasteiger partial charge in [-0.1, -0.05) is 12.6 Å². The van der Waals surface area contributed by atoms with Crippen molar-refractivity contribution in [1.82, 2.24) is 34.8 Å². The minimum atomic E-state index is -0.647. The third-order valence-electron chi connectivity index (χ3n) is 9.71. The number of nitrogens with zero attached hydrogens (tertiary/aromatic N) is 5. The van der Waals surface area contributed by atoms with Crippen molar-refractivity contribution >= 4 is 17.3 Å². The van der Waals surface area contributed by atoms with Crippen LogP contribution >= 0.6 is 0 Å². The maximum Gasteiger partial charge on any atom is 0.309 e. The van der Waals surface area contributed by atoms with Crippen LogP contribution < -0.4 is 15.4 Å². The van der Waals surface area contributed by atoms with Gasteiger partial charge in [-0.05, 0) is 74.6 Å². The summed E-state index contributed by atoms with van der Waals surface area (Å²) >= 11 is 0. The first-order chi connectivity index (χ1) is 20.3. The Morgan fingerprint density at radius 2 is 2.00 bits per heavy atom. The molecule has 1 aliphatic heterocycles. The van der Waals surface area contributed by atoms with Crippen LogP contribution in [0.15, 0.2) is 49.4 Å². The zero-order chi connectivity index (χ0) is 29.1. The van der Waals surface area contributed by atoms with Crippen LogP contribution in [0.4, 0.5) is 4.39 Å². The van der Waals surface area contributed by atoms with E-state index in [0.29, 0.717) is 24.5 Å². The van der Waals surface area contributed by atoms with E-state index in [0.717, 1.165) is 73.6 Å². The number of carboxylic acids is 1. The molecule has 10 nitrogen and oxygen atoms in total. The van der Waals surface area contributed by atoms with Crippen LogP contribution in [0.2, 0.25) is 0 Å².